The average Bonchev–Trinajstić information content (AvgIpc) is 2.27. The highest BCUT2D eigenvalue weighted by Gasteiger charge is 2.17. The first kappa shape index (κ1) is 11.9. The number of aliphatic imine (C=N–C) groups is 1. The molecule has 16 heavy (non-hydrogen) atoms. The van der Waals surface area contributed by atoms with Crippen molar-refractivity contribution in [2.75, 3.05) is 11.1 Å². The number of benzene rings is 1. The van der Waals surface area contributed by atoms with Crippen molar-refractivity contribution in [3.63, 3.8) is 0 Å². The van der Waals surface area contributed by atoms with Gasteiger partial charge in [0, 0.05) is 17.2 Å². The summed E-state index contributed by atoms with van der Waals surface area (Å²) in [5, 5.41) is 2.70. The van der Waals surface area contributed by atoms with E-state index in [0.29, 0.717) is 28.4 Å². The number of anilines is 2. The number of nitrogens with two attached hydrogens (primary N) is 2. The molecule has 1 rings (SSSR count). The van der Waals surface area contributed by atoms with Crippen LogP contribution in [0.4, 0.5) is 17.1 Å². The molecule has 1 aromatic rings. The third kappa shape index (κ3) is 1.66. The number of terminal acetylenes is 1. The number of nitrogens with zero attached hydrogens (tertiary/aromatic N) is 1. The predicted octanol–water partition coefficient (Wildman–Crippen LogP) is 1.47. The lowest BCUT2D eigenvalue weighted by molar-refractivity contribution is 0.330. The molecule has 5 nitrogen and oxygen atoms in total. The topological polar surface area (TPSA) is 85.7 Å². The van der Waals surface area contributed by atoms with Gasteiger partial charge in [0.1, 0.15) is 0 Å². The first-order valence-electron chi connectivity index (χ1n) is 4.56. The molecular formula is C11H14N4O. The van der Waals surface area contributed by atoms with Crippen LogP contribution in [-0.4, -0.2) is 6.72 Å². The Hall–Kier alpha value is -2.19. The zero-order chi connectivity index (χ0) is 12.3. The van der Waals surface area contributed by atoms with Gasteiger partial charge in [-0.15, -0.1) is 0 Å². The standard InChI is InChI=1S/C11H14N4O/c1-5-15-10-8(12)6(2)11(16-13)7(3)9(10)14-4/h1,15H,4,12-13H2,2-3H3. The summed E-state index contributed by atoms with van der Waals surface area (Å²) in [5.41, 5.74) is 8.90. The van der Waals surface area contributed by atoms with E-state index in [2.05, 4.69) is 23.1 Å². The Labute approximate surface area is 94.4 Å². The summed E-state index contributed by atoms with van der Waals surface area (Å²) >= 11 is 0. The van der Waals surface area contributed by atoms with Crippen LogP contribution in [-0.2, 0) is 0 Å². The molecule has 0 saturated heterocycles. The Morgan fingerprint density at radius 1 is 1.44 bits per heavy atom. The second-order valence-electron chi connectivity index (χ2n) is 3.26. The highest BCUT2D eigenvalue weighted by atomic mass is 16.6. The minimum atomic E-state index is 0.450. The zero-order valence-electron chi connectivity index (χ0n) is 9.29. The van der Waals surface area contributed by atoms with Crippen molar-refractivity contribution in [2.24, 2.45) is 10.9 Å². The molecule has 0 radical (unpaired) electrons. The van der Waals surface area contributed by atoms with Crippen molar-refractivity contribution in [2.45, 2.75) is 13.8 Å². The molecule has 84 valence electrons. The van der Waals surface area contributed by atoms with Gasteiger partial charge < -0.3 is 15.9 Å². The van der Waals surface area contributed by atoms with Gasteiger partial charge in [-0.3, -0.25) is 4.99 Å². The van der Waals surface area contributed by atoms with Crippen molar-refractivity contribution < 1.29 is 4.84 Å². The Morgan fingerprint density at radius 2 is 2.06 bits per heavy atom. The maximum Gasteiger partial charge on any atom is 0.157 e. The lowest BCUT2D eigenvalue weighted by atomic mass is 10.0. The summed E-state index contributed by atoms with van der Waals surface area (Å²) in [6.07, 6.45) is 5.19. The lowest BCUT2D eigenvalue weighted by Crippen LogP contribution is -2.08. The first-order chi connectivity index (χ1) is 7.58. The van der Waals surface area contributed by atoms with Crippen LogP contribution >= 0.6 is 0 Å². The third-order valence-electron chi connectivity index (χ3n) is 2.42. The second-order valence-corrected chi connectivity index (χ2v) is 3.26. The quantitative estimate of drug-likeness (QED) is 0.236. The molecular weight excluding hydrogens is 204 g/mol. The van der Waals surface area contributed by atoms with Crippen LogP contribution in [0.25, 0.3) is 0 Å². The molecule has 0 bridgehead atoms. The van der Waals surface area contributed by atoms with E-state index in [0.717, 1.165) is 5.56 Å². The van der Waals surface area contributed by atoms with Crippen molar-refractivity contribution in [3.05, 3.63) is 11.1 Å². The molecule has 0 aliphatic heterocycles. The van der Waals surface area contributed by atoms with Gasteiger partial charge in [0.15, 0.2) is 5.75 Å². The summed E-state index contributed by atoms with van der Waals surface area (Å²) in [5.74, 6) is 5.68. The zero-order valence-corrected chi connectivity index (χ0v) is 9.29. The second kappa shape index (κ2) is 4.55. The van der Waals surface area contributed by atoms with Crippen LogP contribution in [0.3, 0.4) is 0 Å². The molecule has 0 aliphatic carbocycles. The fourth-order valence-corrected chi connectivity index (χ4v) is 1.59. The van der Waals surface area contributed by atoms with Crippen LogP contribution in [0.1, 0.15) is 11.1 Å². The summed E-state index contributed by atoms with van der Waals surface area (Å²) in [6.45, 7) is 7.07. The molecule has 0 spiro atoms. The van der Waals surface area contributed by atoms with E-state index in [1.54, 1.807) is 13.8 Å². The number of hydrogen-bond acceptors (Lipinski definition) is 5. The molecule has 5 N–H and O–H groups in total. The summed E-state index contributed by atoms with van der Waals surface area (Å²) < 4.78 is 0. The molecule has 0 atom stereocenters. The third-order valence-corrected chi connectivity index (χ3v) is 2.42. The molecule has 0 saturated carbocycles. The van der Waals surface area contributed by atoms with E-state index in [9.17, 15) is 0 Å². The Bertz CT molecular complexity index is 474. The van der Waals surface area contributed by atoms with E-state index in [-0.39, 0.29) is 0 Å². The van der Waals surface area contributed by atoms with E-state index in [1.165, 1.54) is 0 Å². The summed E-state index contributed by atoms with van der Waals surface area (Å²) in [4.78, 5) is 8.66. The van der Waals surface area contributed by atoms with Crippen LogP contribution in [0.15, 0.2) is 4.99 Å². The van der Waals surface area contributed by atoms with Gasteiger partial charge in [0.25, 0.3) is 0 Å². The van der Waals surface area contributed by atoms with E-state index in [1.807, 2.05) is 0 Å². The molecule has 0 unspecified atom stereocenters. The lowest BCUT2D eigenvalue weighted by Gasteiger charge is -2.16. The maximum atomic E-state index is 5.91. The van der Waals surface area contributed by atoms with Crippen molar-refractivity contribution in [3.8, 4) is 18.2 Å². The number of nitrogens with one attached hydrogen (secondary N) is 1. The molecule has 0 amide bonds. The highest BCUT2D eigenvalue weighted by Crippen LogP contribution is 2.42. The molecule has 0 aliphatic rings. The molecule has 0 aromatic heterocycles. The van der Waals surface area contributed by atoms with Crippen LogP contribution in [0.2, 0.25) is 0 Å². The molecule has 0 fully saturated rings. The normalized spacial score (nSPS) is 9.38. The van der Waals surface area contributed by atoms with Crippen LogP contribution in [0, 0.1) is 26.3 Å². The van der Waals surface area contributed by atoms with E-state index < -0.39 is 0 Å². The minimum absolute atomic E-state index is 0.450. The van der Waals surface area contributed by atoms with Crippen molar-refractivity contribution >= 4 is 23.8 Å². The fourth-order valence-electron chi connectivity index (χ4n) is 1.59. The van der Waals surface area contributed by atoms with Gasteiger partial charge in [-0.2, -0.15) is 5.90 Å². The first-order valence-corrected chi connectivity index (χ1v) is 4.56. The highest BCUT2D eigenvalue weighted by molar-refractivity contribution is 5.88. The van der Waals surface area contributed by atoms with Gasteiger partial charge in [-0.05, 0) is 20.6 Å². The Morgan fingerprint density at radius 3 is 2.50 bits per heavy atom. The van der Waals surface area contributed by atoms with E-state index >= 15 is 0 Å². The smallest absolute Gasteiger partial charge is 0.157 e. The predicted molar refractivity (Wildman–Crippen MR) is 66.8 cm³/mol. The fraction of sp³-hybridized carbons (Fsp3) is 0.182. The van der Waals surface area contributed by atoms with Gasteiger partial charge in [-0.25, -0.2) is 0 Å². The van der Waals surface area contributed by atoms with Gasteiger partial charge in [0.05, 0.1) is 17.1 Å². The van der Waals surface area contributed by atoms with Crippen LogP contribution < -0.4 is 21.8 Å². The van der Waals surface area contributed by atoms with Crippen molar-refractivity contribution in [1.29, 1.82) is 0 Å². The number of hydrogen-bond donors (Lipinski definition) is 3. The van der Waals surface area contributed by atoms with E-state index in [4.69, 9.17) is 22.9 Å². The monoisotopic (exact) mass is 218 g/mol. The maximum absolute atomic E-state index is 5.91. The average molecular weight is 218 g/mol. The summed E-state index contributed by atoms with van der Waals surface area (Å²) in [7, 11) is 0. The van der Waals surface area contributed by atoms with Crippen molar-refractivity contribution in [1.82, 2.24) is 0 Å². The van der Waals surface area contributed by atoms with Gasteiger partial charge >= 0.3 is 0 Å². The molecule has 5 heteroatoms. The summed E-state index contributed by atoms with van der Waals surface area (Å²) in [6, 6.07) is 2.30. The molecule has 1 aromatic carbocycles. The number of nitrogen functional groups attached to an aromatic ring is 1. The van der Waals surface area contributed by atoms with Gasteiger partial charge in [0.2, 0.25) is 0 Å². The molecule has 0 heterocycles. The Balaban J connectivity index is 3.64. The minimum Gasteiger partial charge on any atom is -0.411 e. The largest absolute Gasteiger partial charge is 0.411 e. The SMILES string of the molecule is C#CNc1c(N)c(C)c(ON)c(C)c1N=C. The van der Waals surface area contributed by atoms with Gasteiger partial charge in [-0.1, -0.05) is 6.42 Å². The number of rotatable bonds is 3. The Kier molecular flexibility index (Phi) is 3.38. The van der Waals surface area contributed by atoms with Crippen LogP contribution in [0.5, 0.6) is 5.75 Å².